The van der Waals surface area contributed by atoms with Crippen molar-refractivity contribution >= 4 is 5.71 Å². The molecular weight excluding hydrogens is 172 g/mol. The SMILES string of the molecule is C/C=C(N/N=N\N)/C(C)=N/N=N\N. The fourth-order valence-corrected chi connectivity index (χ4v) is 0.584. The minimum absolute atomic E-state index is 0.573. The molecule has 0 saturated heterocycles. The van der Waals surface area contributed by atoms with Crippen LogP contribution in [-0.4, -0.2) is 5.71 Å². The highest BCUT2D eigenvalue weighted by molar-refractivity contribution is 5.97. The molecule has 0 aliphatic heterocycles. The molecule has 0 aromatic carbocycles. The number of allylic oxidation sites excluding steroid dienone is 2. The van der Waals surface area contributed by atoms with Crippen LogP contribution in [0.2, 0.25) is 0 Å². The van der Waals surface area contributed by atoms with Crippen molar-refractivity contribution in [3.63, 3.8) is 0 Å². The van der Waals surface area contributed by atoms with Gasteiger partial charge in [0.15, 0.2) is 0 Å². The molecule has 8 heteroatoms. The summed E-state index contributed by atoms with van der Waals surface area (Å²) in [4.78, 5) is 0. The van der Waals surface area contributed by atoms with E-state index in [0.717, 1.165) is 0 Å². The van der Waals surface area contributed by atoms with Gasteiger partial charge in [-0.3, -0.25) is 5.43 Å². The average molecular weight is 184 g/mol. The molecule has 0 unspecified atom stereocenters. The Balaban J connectivity index is 4.41. The summed E-state index contributed by atoms with van der Waals surface area (Å²) in [6.07, 6.45) is 1.74. The van der Waals surface area contributed by atoms with Gasteiger partial charge in [-0.25, -0.2) is 0 Å². The van der Waals surface area contributed by atoms with Crippen LogP contribution in [0.15, 0.2) is 37.8 Å². The molecule has 0 bridgehead atoms. The molecule has 0 atom stereocenters. The number of hydrogen-bond acceptors (Lipinski definition) is 4. The third-order valence-corrected chi connectivity index (χ3v) is 1.15. The van der Waals surface area contributed by atoms with E-state index in [4.69, 9.17) is 11.7 Å². The highest BCUT2D eigenvalue weighted by Crippen LogP contribution is 1.94. The molecule has 8 nitrogen and oxygen atoms in total. The Morgan fingerprint density at radius 2 is 2.00 bits per heavy atom. The van der Waals surface area contributed by atoms with Crippen LogP contribution in [-0.2, 0) is 0 Å². The first-order valence-electron chi connectivity index (χ1n) is 3.43. The fourth-order valence-electron chi connectivity index (χ4n) is 0.584. The van der Waals surface area contributed by atoms with Crippen LogP contribution in [0.25, 0.3) is 0 Å². The van der Waals surface area contributed by atoms with Gasteiger partial charge in [0.25, 0.3) is 0 Å². The van der Waals surface area contributed by atoms with E-state index in [-0.39, 0.29) is 0 Å². The zero-order valence-electron chi connectivity index (χ0n) is 7.47. The molecule has 0 aromatic rings. The van der Waals surface area contributed by atoms with Crippen LogP contribution >= 0.6 is 0 Å². The summed E-state index contributed by atoms with van der Waals surface area (Å²) in [6, 6.07) is 0. The van der Waals surface area contributed by atoms with Gasteiger partial charge in [0.1, 0.15) is 0 Å². The summed E-state index contributed by atoms with van der Waals surface area (Å²) >= 11 is 0. The van der Waals surface area contributed by atoms with E-state index in [1.165, 1.54) is 0 Å². The fraction of sp³-hybridized carbons (Fsp3) is 0.400. The predicted octanol–water partition coefficient (Wildman–Crippen LogP) is 0.423. The first kappa shape index (κ1) is 11.0. The molecule has 0 aromatic heterocycles. The molecule has 0 fully saturated rings. The Bertz CT molecular complexity index is 249. The topological polar surface area (TPSA) is 126 Å². The molecule has 0 amide bonds. The van der Waals surface area contributed by atoms with Gasteiger partial charge >= 0.3 is 0 Å². The second kappa shape index (κ2) is 6.70. The minimum atomic E-state index is 0.573. The van der Waals surface area contributed by atoms with Gasteiger partial charge in [0.2, 0.25) is 0 Å². The van der Waals surface area contributed by atoms with Crippen LogP contribution in [0.3, 0.4) is 0 Å². The van der Waals surface area contributed by atoms with Crippen molar-refractivity contribution in [1.82, 2.24) is 5.43 Å². The molecule has 0 aliphatic carbocycles. The second-order valence-electron chi connectivity index (χ2n) is 1.92. The van der Waals surface area contributed by atoms with Crippen molar-refractivity contribution in [3.05, 3.63) is 11.8 Å². The molecule has 0 saturated carbocycles. The lowest BCUT2D eigenvalue weighted by atomic mass is 10.3. The molecule has 0 heterocycles. The van der Waals surface area contributed by atoms with Crippen LogP contribution < -0.4 is 17.1 Å². The van der Waals surface area contributed by atoms with Crippen LogP contribution in [0.5, 0.6) is 0 Å². The molecule has 13 heavy (non-hydrogen) atoms. The molecule has 0 radical (unpaired) electrons. The maximum atomic E-state index is 4.80. The number of rotatable bonds is 4. The quantitative estimate of drug-likeness (QED) is 0.253. The lowest BCUT2D eigenvalue weighted by Crippen LogP contribution is -2.12. The third-order valence-electron chi connectivity index (χ3n) is 1.15. The smallest absolute Gasteiger partial charge is 0.0865 e. The van der Waals surface area contributed by atoms with Crippen LogP contribution in [0.4, 0.5) is 0 Å². The van der Waals surface area contributed by atoms with Crippen molar-refractivity contribution in [2.75, 3.05) is 0 Å². The maximum Gasteiger partial charge on any atom is 0.0865 e. The largest absolute Gasteiger partial charge is 0.303 e. The second-order valence-corrected chi connectivity index (χ2v) is 1.92. The number of nitrogens with two attached hydrogens (primary N) is 2. The summed E-state index contributed by atoms with van der Waals surface area (Å²) in [6.45, 7) is 3.51. The molecule has 72 valence electrons. The third kappa shape index (κ3) is 4.45. The van der Waals surface area contributed by atoms with Gasteiger partial charge < -0.3 is 11.7 Å². The summed E-state index contributed by atoms with van der Waals surface area (Å²) in [7, 11) is 0. The molecule has 0 aliphatic rings. The van der Waals surface area contributed by atoms with Gasteiger partial charge in [-0.1, -0.05) is 21.7 Å². The van der Waals surface area contributed by atoms with Crippen molar-refractivity contribution in [2.24, 2.45) is 37.7 Å². The molecule has 0 rings (SSSR count). The van der Waals surface area contributed by atoms with Crippen molar-refractivity contribution in [2.45, 2.75) is 13.8 Å². The highest BCUT2D eigenvalue weighted by Gasteiger charge is 1.97. The number of nitrogens with one attached hydrogen (secondary N) is 1. The Hall–Kier alpha value is -1.99. The molecule has 5 N–H and O–H groups in total. The minimum Gasteiger partial charge on any atom is -0.303 e. The van der Waals surface area contributed by atoms with Gasteiger partial charge in [0, 0.05) is 0 Å². The first-order valence-corrected chi connectivity index (χ1v) is 3.43. The van der Waals surface area contributed by atoms with Crippen molar-refractivity contribution in [3.8, 4) is 0 Å². The van der Waals surface area contributed by atoms with Gasteiger partial charge in [-0.05, 0) is 19.1 Å². The standard InChI is InChI=1S/C5H12N8/c1-3-5(9-13-11-7)4(2)8-12-10-6/h3H,1-2H3,(H2,6,12)(H2,7,13)(H,9,11)/b5-3-,8-4+. The number of hydrogen-bond donors (Lipinski definition) is 3. The van der Waals surface area contributed by atoms with Gasteiger partial charge in [0.05, 0.1) is 11.4 Å². The Morgan fingerprint density at radius 3 is 2.46 bits per heavy atom. The first-order chi connectivity index (χ1) is 6.26. The Morgan fingerprint density at radius 1 is 1.31 bits per heavy atom. The number of nitrogens with zero attached hydrogens (tertiary/aromatic N) is 5. The highest BCUT2D eigenvalue weighted by atomic mass is 15.5. The Kier molecular flexibility index (Phi) is 5.68. The van der Waals surface area contributed by atoms with E-state index in [1.807, 2.05) is 0 Å². The van der Waals surface area contributed by atoms with Crippen LogP contribution in [0.1, 0.15) is 13.8 Å². The summed E-state index contributed by atoms with van der Waals surface area (Å²) in [5.74, 6) is 9.57. The van der Waals surface area contributed by atoms with E-state index >= 15 is 0 Å². The van der Waals surface area contributed by atoms with Gasteiger partial charge in [-0.15, -0.1) is 5.10 Å². The maximum absolute atomic E-state index is 4.80. The van der Waals surface area contributed by atoms with Gasteiger partial charge in [-0.2, -0.15) is 0 Å². The Labute approximate surface area is 75.4 Å². The summed E-state index contributed by atoms with van der Waals surface area (Å²) in [5, 5.41) is 16.3. The molecule has 0 spiro atoms. The van der Waals surface area contributed by atoms with E-state index < -0.39 is 0 Å². The van der Waals surface area contributed by atoms with Crippen LogP contribution in [0, 0.1) is 0 Å². The van der Waals surface area contributed by atoms with E-state index in [1.54, 1.807) is 19.9 Å². The van der Waals surface area contributed by atoms with E-state index in [2.05, 4.69) is 31.4 Å². The van der Waals surface area contributed by atoms with Crippen molar-refractivity contribution in [1.29, 1.82) is 0 Å². The lowest BCUT2D eigenvalue weighted by molar-refractivity contribution is 0.799. The molecular formula is C5H12N8. The monoisotopic (exact) mass is 184 g/mol. The lowest BCUT2D eigenvalue weighted by Gasteiger charge is -2.00. The predicted molar refractivity (Wildman–Crippen MR) is 48.1 cm³/mol. The van der Waals surface area contributed by atoms with E-state index in [0.29, 0.717) is 11.4 Å². The summed E-state index contributed by atoms with van der Waals surface area (Å²) < 4.78 is 0. The zero-order chi connectivity index (χ0) is 10.1. The zero-order valence-corrected chi connectivity index (χ0v) is 7.47. The summed E-state index contributed by atoms with van der Waals surface area (Å²) in [5.41, 5.74) is 3.75. The normalized spacial score (nSPS) is 14.3. The van der Waals surface area contributed by atoms with Crippen molar-refractivity contribution < 1.29 is 0 Å². The average Bonchev–Trinajstić information content (AvgIpc) is 2.16. The van der Waals surface area contributed by atoms with E-state index in [9.17, 15) is 0 Å².